The largest absolute Gasteiger partial charge is 0.481 e. The van der Waals surface area contributed by atoms with E-state index < -0.39 is 5.97 Å². The van der Waals surface area contributed by atoms with E-state index in [2.05, 4.69) is 5.32 Å². The molecule has 18 heavy (non-hydrogen) atoms. The van der Waals surface area contributed by atoms with Crippen LogP contribution in [0.3, 0.4) is 0 Å². The molecule has 4 atom stereocenters. The van der Waals surface area contributed by atoms with Crippen molar-refractivity contribution in [3.05, 3.63) is 0 Å². The first kappa shape index (κ1) is 12.0. The molecule has 5 nitrogen and oxygen atoms in total. The molecule has 2 N–H and O–H groups in total. The number of likely N-dealkylation sites (tertiary alicyclic amines) is 1. The molecular weight excluding hydrogens is 232 g/mol. The summed E-state index contributed by atoms with van der Waals surface area (Å²) in [6.07, 6.45) is 4.21. The average molecular weight is 252 g/mol. The molecule has 0 aromatic carbocycles. The van der Waals surface area contributed by atoms with E-state index >= 15 is 0 Å². The number of amides is 1. The number of nitrogens with one attached hydrogen (secondary N) is 1. The molecule has 2 heterocycles. The number of aliphatic carboxylic acids is 1. The molecule has 2 aliphatic heterocycles. The zero-order chi connectivity index (χ0) is 12.7. The van der Waals surface area contributed by atoms with Crippen molar-refractivity contribution < 1.29 is 14.7 Å². The van der Waals surface area contributed by atoms with Crippen LogP contribution in [0, 0.1) is 17.8 Å². The average Bonchev–Trinajstić information content (AvgIpc) is 3.04. The van der Waals surface area contributed by atoms with Gasteiger partial charge in [0.1, 0.15) is 0 Å². The molecule has 2 saturated heterocycles. The van der Waals surface area contributed by atoms with Gasteiger partial charge in [0.2, 0.25) is 5.91 Å². The van der Waals surface area contributed by atoms with Gasteiger partial charge in [-0.2, -0.15) is 0 Å². The Kier molecular flexibility index (Phi) is 3.01. The molecule has 1 saturated carbocycles. The number of rotatable bonds is 2. The normalized spacial score (nSPS) is 39.0. The lowest BCUT2D eigenvalue weighted by molar-refractivity contribution is -0.141. The number of carboxylic acids is 1. The van der Waals surface area contributed by atoms with E-state index in [0.29, 0.717) is 31.3 Å². The predicted octanol–water partition coefficient (Wildman–Crippen LogP) is 0.308. The van der Waals surface area contributed by atoms with E-state index in [1.165, 1.54) is 12.8 Å². The van der Waals surface area contributed by atoms with Gasteiger partial charge in [0.25, 0.3) is 0 Å². The zero-order valence-electron chi connectivity index (χ0n) is 10.5. The molecule has 1 amide bonds. The predicted molar refractivity (Wildman–Crippen MR) is 64.9 cm³/mol. The van der Waals surface area contributed by atoms with Crippen LogP contribution in [0.15, 0.2) is 0 Å². The van der Waals surface area contributed by atoms with Crippen LogP contribution >= 0.6 is 0 Å². The zero-order valence-corrected chi connectivity index (χ0v) is 10.5. The van der Waals surface area contributed by atoms with Crippen LogP contribution in [0.25, 0.3) is 0 Å². The fourth-order valence-electron chi connectivity index (χ4n) is 3.82. The van der Waals surface area contributed by atoms with Gasteiger partial charge in [-0.15, -0.1) is 0 Å². The van der Waals surface area contributed by atoms with Crippen molar-refractivity contribution in [2.24, 2.45) is 17.8 Å². The minimum absolute atomic E-state index is 0.0509. The smallest absolute Gasteiger partial charge is 0.308 e. The van der Waals surface area contributed by atoms with Gasteiger partial charge in [-0.25, -0.2) is 0 Å². The molecule has 0 radical (unpaired) electrons. The molecule has 100 valence electrons. The van der Waals surface area contributed by atoms with E-state index in [4.69, 9.17) is 5.11 Å². The fraction of sp³-hybridized carbons (Fsp3) is 0.846. The highest BCUT2D eigenvalue weighted by atomic mass is 16.4. The van der Waals surface area contributed by atoms with Crippen molar-refractivity contribution in [1.82, 2.24) is 10.2 Å². The topological polar surface area (TPSA) is 69.6 Å². The number of hydrogen-bond acceptors (Lipinski definition) is 3. The molecule has 0 aromatic rings. The molecule has 0 aromatic heterocycles. The molecule has 3 rings (SSSR count). The second-order valence-electron chi connectivity index (χ2n) is 5.85. The van der Waals surface area contributed by atoms with E-state index in [1.54, 1.807) is 4.90 Å². The molecule has 0 bridgehead atoms. The maximum Gasteiger partial charge on any atom is 0.308 e. The van der Waals surface area contributed by atoms with Crippen molar-refractivity contribution in [2.75, 3.05) is 19.6 Å². The first-order valence-electron chi connectivity index (χ1n) is 6.92. The molecule has 3 fully saturated rings. The Morgan fingerprint density at radius 1 is 1.22 bits per heavy atom. The second-order valence-corrected chi connectivity index (χ2v) is 5.85. The molecular formula is C13H20N2O3. The first-order chi connectivity index (χ1) is 8.66. The van der Waals surface area contributed by atoms with Gasteiger partial charge < -0.3 is 15.3 Å². The minimum atomic E-state index is -0.775. The van der Waals surface area contributed by atoms with Gasteiger partial charge in [-0.3, -0.25) is 9.59 Å². The minimum Gasteiger partial charge on any atom is -0.481 e. The summed E-state index contributed by atoms with van der Waals surface area (Å²) in [5.41, 5.74) is 0. The summed E-state index contributed by atoms with van der Waals surface area (Å²) in [6, 6.07) is -0.0509. The van der Waals surface area contributed by atoms with Crippen LogP contribution in [0.4, 0.5) is 0 Å². The number of carboxylic acid groups (broad SMARTS) is 1. The molecule has 5 heteroatoms. The first-order valence-corrected chi connectivity index (χ1v) is 6.92. The van der Waals surface area contributed by atoms with Crippen molar-refractivity contribution in [2.45, 2.75) is 31.7 Å². The Bertz CT molecular complexity index is 371. The Balaban J connectivity index is 1.63. The highest BCUT2D eigenvalue weighted by Gasteiger charge is 2.45. The van der Waals surface area contributed by atoms with Gasteiger partial charge in [-0.05, 0) is 37.6 Å². The standard InChI is InChI=1S/C13H20N2O3/c16-12(15-5-4-9(7-15)13(17)18)11-10-3-1-2-8(10)6-14-11/h8-11,14H,1-7H2,(H,17,18). The number of carbonyl (C=O) groups excluding carboxylic acids is 1. The maximum atomic E-state index is 12.4. The van der Waals surface area contributed by atoms with Gasteiger partial charge in [-0.1, -0.05) is 6.42 Å². The highest BCUT2D eigenvalue weighted by molar-refractivity contribution is 5.84. The van der Waals surface area contributed by atoms with Crippen LogP contribution in [0.1, 0.15) is 25.7 Å². The molecule has 4 unspecified atom stereocenters. The third-order valence-corrected chi connectivity index (χ3v) is 4.86. The van der Waals surface area contributed by atoms with Crippen LogP contribution in [-0.2, 0) is 9.59 Å². The SMILES string of the molecule is O=C(O)C1CCN(C(=O)C2NCC3CCCC32)C1. The van der Waals surface area contributed by atoms with Gasteiger partial charge in [0.05, 0.1) is 12.0 Å². The molecule has 0 spiro atoms. The Hall–Kier alpha value is -1.10. The van der Waals surface area contributed by atoms with Crippen LogP contribution in [0.5, 0.6) is 0 Å². The van der Waals surface area contributed by atoms with Gasteiger partial charge >= 0.3 is 5.97 Å². The summed E-state index contributed by atoms with van der Waals surface area (Å²) < 4.78 is 0. The summed E-state index contributed by atoms with van der Waals surface area (Å²) in [6.45, 7) is 1.95. The number of fused-ring (bicyclic) bond motifs is 1. The number of carbonyl (C=O) groups is 2. The van der Waals surface area contributed by atoms with E-state index in [0.717, 1.165) is 13.0 Å². The maximum absolute atomic E-state index is 12.4. The lowest BCUT2D eigenvalue weighted by Crippen LogP contribution is -2.45. The molecule has 1 aliphatic carbocycles. The van der Waals surface area contributed by atoms with Crippen LogP contribution in [-0.4, -0.2) is 47.6 Å². The third kappa shape index (κ3) is 1.90. The number of nitrogens with zero attached hydrogens (tertiary/aromatic N) is 1. The van der Waals surface area contributed by atoms with E-state index in [9.17, 15) is 9.59 Å². The van der Waals surface area contributed by atoms with Crippen molar-refractivity contribution >= 4 is 11.9 Å². The Morgan fingerprint density at radius 2 is 2.06 bits per heavy atom. The Labute approximate surface area is 107 Å². The summed E-state index contributed by atoms with van der Waals surface area (Å²) in [5, 5.41) is 12.3. The summed E-state index contributed by atoms with van der Waals surface area (Å²) >= 11 is 0. The third-order valence-electron chi connectivity index (χ3n) is 4.86. The molecule has 3 aliphatic rings. The van der Waals surface area contributed by atoms with Crippen LogP contribution < -0.4 is 5.32 Å². The van der Waals surface area contributed by atoms with Gasteiger partial charge in [0.15, 0.2) is 0 Å². The highest BCUT2D eigenvalue weighted by Crippen LogP contribution is 2.38. The summed E-state index contributed by atoms with van der Waals surface area (Å²) in [5.74, 6) is 0.143. The van der Waals surface area contributed by atoms with E-state index in [-0.39, 0.29) is 17.9 Å². The lowest BCUT2D eigenvalue weighted by Gasteiger charge is -2.24. The van der Waals surface area contributed by atoms with E-state index in [1.807, 2.05) is 0 Å². The van der Waals surface area contributed by atoms with Crippen molar-refractivity contribution in [3.8, 4) is 0 Å². The fourth-order valence-corrected chi connectivity index (χ4v) is 3.82. The Morgan fingerprint density at radius 3 is 2.78 bits per heavy atom. The monoisotopic (exact) mass is 252 g/mol. The lowest BCUT2D eigenvalue weighted by atomic mass is 9.93. The second kappa shape index (κ2) is 4.53. The van der Waals surface area contributed by atoms with Crippen molar-refractivity contribution in [1.29, 1.82) is 0 Å². The summed E-state index contributed by atoms with van der Waals surface area (Å²) in [7, 11) is 0. The summed E-state index contributed by atoms with van der Waals surface area (Å²) in [4.78, 5) is 25.1. The number of hydrogen-bond donors (Lipinski definition) is 2. The quantitative estimate of drug-likeness (QED) is 0.742. The van der Waals surface area contributed by atoms with Crippen LogP contribution in [0.2, 0.25) is 0 Å². The van der Waals surface area contributed by atoms with Gasteiger partial charge in [0, 0.05) is 13.1 Å². The van der Waals surface area contributed by atoms with Crippen molar-refractivity contribution in [3.63, 3.8) is 0 Å².